The molecule has 1 amide bonds. The van der Waals surface area contributed by atoms with Gasteiger partial charge in [-0.3, -0.25) is 4.79 Å². The lowest BCUT2D eigenvalue weighted by molar-refractivity contribution is -0.109. The Morgan fingerprint density at radius 2 is 2.46 bits per heavy atom. The third-order valence-electron chi connectivity index (χ3n) is 1.39. The SMILES string of the molecule is N#Cc1ccc(Cl)c(CNC=O)n1. The number of hydrogen-bond acceptors (Lipinski definition) is 3. The van der Waals surface area contributed by atoms with Crippen molar-refractivity contribution in [1.29, 1.82) is 5.26 Å². The summed E-state index contributed by atoms with van der Waals surface area (Å²) in [6, 6.07) is 4.98. The van der Waals surface area contributed by atoms with Gasteiger partial charge in [-0.25, -0.2) is 4.98 Å². The van der Waals surface area contributed by atoms with Crippen molar-refractivity contribution in [3.63, 3.8) is 0 Å². The van der Waals surface area contributed by atoms with Crippen molar-refractivity contribution < 1.29 is 4.79 Å². The Balaban J connectivity index is 2.91. The number of carbonyl (C=O) groups is 1. The molecule has 1 N–H and O–H groups in total. The van der Waals surface area contributed by atoms with Crippen molar-refractivity contribution in [2.45, 2.75) is 6.54 Å². The summed E-state index contributed by atoms with van der Waals surface area (Å²) >= 11 is 5.76. The van der Waals surface area contributed by atoms with Crippen molar-refractivity contribution >= 4 is 18.0 Å². The normalized spacial score (nSPS) is 8.92. The van der Waals surface area contributed by atoms with Gasteiger partial charge in [0.15, 0.2) is 0 Å². The monoisotopic (exact) mass is 195 g/mol. The van der Waals surface area contributed by atoms with E-state index in [4.69, 9.17) is 16.9 Å². The Morgan fingerprint density at radius 3 is 3.08 bits per heavy atom. The minimum atomic E-state index is 0.234. The van der Waals surface area contributed by atoms with Crippen molar-refractivity contribution in [2.24, 2.45) is 0 Å². The van der Waals surface area contributed by atoms with Gasteiger partial charge < -0.3 is 5.32 Å². The molecular weight excluding hydrogens is 190 g/mol. The van der Waals surface area contributed by atoms with Crippen LogP contribution in [0.5, 0.6) is 0 Å². The van der Waals surface area contributed by atoms with Gasteiger partial charge in [-0.1, -0.05) is 11.6 Å². The van der Waals surface area contributed by atoms with Crippen molar-refractivity contribution in [2.75, 3.05) is 0 Å². The number of rotatable bonds is 3. The highest BCUT2D eigenvalue weighted by Gasteiger charge is 2.02. The lowest BCUT2D eigenvalue weighted by Gasteiger charge is -2.01. The van der Waals surface area contributed by atoms with E-state index >= 15 is 0 Å². The maximum absolute atomic E-state index is 10.00. The zero-order valence-electron chi connectivity index (χ0n) is 6.62. The number of pyridine rings is 1. The van der Waals surface area contributed by atoms with Crippen LogP contribution in [-0.4, -0.2) is 11.4 Å². The second-order valence-corrected chi connectivity index (χ2v) is 2.64. The van der Waals surface area contributed by atoms with Crippen LogP contribution in [0.3, 0.4) is 0 Å². The van der Waals surface area contributed by atoms with Gasteiger partial charge in [0.25, 0.3) is 0 Å². The third kappa shape index (κ3) is 2.42. The average molecular weight is 196 g/mol. The largest absolute Gasteiger partial charge is 0.353 e. The van der Waals surface area contributed by atoms with E-state index in [1.807, 2.05) is 6.07 Å². The summed E-state index contributed by atoms with van der Waals surface area (Å²) in [5.74, 6) is 0. The fourth-order valence-corrected chi connectivity index (χ4v) is 0.981. The molecule has 0 aliphatic rings. The Bertz CT molecular complexity index is 359. The molecule has 1 aromatic rings. The van der Waals surface area contributed by atoms with E-state index in [1.165, 1.54) is 6.07 Å². The number of nitriles is 1. The molecule has 0 aliphatic heterocycles. The number of halogens is 1. The van der Waals surface area contributed by atoms with Crippen LogP contribution in [0.2, 0.25) is 5.02 Å². The lowest BCUT2D eigenvalue weighted by atomic mass is 10.3. The number of amides is 1. The molecule has 5 heteroatoms. The summed E-state index contributed by atoms with van der Waals surface area (Å²) in [5, 5.41) is 11.4. The number of aromatic nitrogens is 1. The highest BCUT2D eigenvalue weighted by molar-refractivity contribution is 6.31. The van der Waals surface area contributed by atoms with Crippen LogP contribution in [0.4, 0.5) is 0 Å². The quantitative estimate of drug-likeness (QED) is 0.728. The van der Waals surface area contributed by atoms with Gasteiger partial charge in [-0.05, 0) is 12.1 Å². The summed E-state index contributed by atoms with van der Waals surface area (Å²) in [7, 11) is 0. The summed E-state index contributed by atoms with van der Waals surface area (Å²) < 4.78 is 0. The van der Waals surface area contributed by atoms with Crippen molar-refractivity contribution in [3.8, 4) is 6.07 Å². The predicted molar refractivity (Wildman–Crippen MR) is 46.9 cm³/mol. The molecule has 1 heterocycles. The Hall–Kier alpha value is -1.60. The van der Waals surface area contributed by atoms with E-state index in [1.54, 1.807) is 6.07 Å². The maximum atomic E-state index is 10.00. The first-order chi connectivity index (χ1) is 6.27. The molecule has 0 saturated carbocycles. The summed E-state index contributed by atoms with van der Waals surface area (Å²) in [6.07, 6.45) is 0.553. The van der Waals surface area contributed by atoms with Gasteiger partial charge in [0.1, 0.15) is 11.8 Å². The molecule has 0 atom stereocenters. The maximum Gasteiger partial charge on any atom is 0.207 e. The molecule has 13 heavy (non-hydrogen) atoms. The molecule has 66 valence electrons. The lowest BCUT2D eigenvalue weighted by Crippen LogP contribution is -2.11. The van der Waals surface area contributed by atoms with Crippen molar-refractivity contribution in [1.82, 2.24) is 10.3 Å². The molecule has 0 aromatic carbocycles. The predicted octanol–water partition coefficient (Wildman–Crippen LogP) is 0.853. The minimum absolute atomic E-state index is 0.234. The Morgan fingerprint density at radius 1 is 1.69 bits per heavy atom. The Labute approximate surface area is 80.2 Å². The van der Waals surface area contributed by atoms with E-state index in [2.05, 4.69) is 10.3 Å². The molecule has 0 unspecified atom stereocenters. The van der Waals surface area contributed by atoms with Crippen molar-refractivity contribution in [3.05, 3.63) is 28.5 Å². The highest BCUT2D eigenvalue weighted by Crippen LogP contribution is 2.13. The van der Waals surface area contributed by atoms with Gasteiger partial charge >= 0.3 is 0 Å². The standard InChI is InChI=1S/C8H6ClN3O/c9-7-2-1-6(3-10)12-8(7)4-11-5-13/h1-2,5H,4H2,(H,11,13). The molecule has 0 fully saturated rings. The number of nitrogens with zero attached hydrogens (tertiary/aromatic N) is 2. The molecule has 1 rings (SSSR count). The van der Waals surface area contributed by atoms with Crippen LogP contribution in [0, 0.1) is 11.3 Å². The van der Waals surface area contributed by atoms with Gasteiger partial charge in [-0.2, -0.15) is 5.26 Å². The zero-order valence-corrected chi connectivity index (χ0v) is 7.38. The van der Waals surface area contributed by atoms with Crippen LogP contribution < -0.4 is 5.32 Å². The molecule has 0 saturated heterocycles. The molecule has 4 nitrogen and oxygen atoms in total. The molecule has 0 aliphatic carbocycles. The molecule has 1 aromatic heterocycles. The van der Waals surface area contributed by atoms with E-state index < -0.39 is 0 Å². The number of hydrogen-bond donors (Lipinski definition) is 1. The van der Waals surface area contributed by atoms with E-state index in [9.17, 15) is 4.79 Å². The van der Waals surface area contributed by atoms with Gasteiger partial charge in [0, 0.05) is 0 Å². The molecule has 0 radical (unpaired) electrons. The first-order valence-corrected chi connectivity index (χ1v) is 3.88. The first kappa shape index (κ1) is 9.49. The first-order valence-electron chi connectivity index (χ1n) is 3.50. The zero-order chi connectivity index (χ0) is 9.68. The van der Waals surface area contributed by atoms with Crippen LogP contribution in [0.25, 0.3) is 0 Å². The molecule has 0 bridgehead atoms. The van der Waals surface area contributed by atoms with E-state index in [-0.39, 0.29) is 12.2 Å². The highest BCUT2D eigenvalue weighted by atomic mass is 35.5. The van der Waals surface area contributed by atoms with Crippen LogP contribution in [-0.2, 0) is 11.3 Å². The van der Waals surface area contributed by atoms with Crippen LogP contribution >= 0.6 is 11.6 Å². The van der Waals surface area contributed by atoms with Gasteiger partial charge in [-0.15, -0.1) is 0 Å². The number of carbonyl (C=O) groups excluding carboxylic acids is 1. The molecule has 0 spiro atoms. The summed E-state index contributed by atoms with van der Waals surface area (Å²) in [6.45, 7) is 0.234. The second kappa shape index (κ2) is 4.43. The fourth-order valence-electron chi connectivity index (χ4n) is 0.809. The van der Waals surface area contributed by atoms with Crippen LogP contribution in [0.1, 0.15) is 11.4 Å². The van der Waals surface area contributed by atoms with Gasteiger partial charge in [0.05, 0.1) is 17.3 Å². The average Bonchev–Trinajstić information content (AvgIpc) is 2.17. The fraction of sp³-hybridized carbons (Fsp3) is 0.125. The van der Waals surface area contributed by atoms with Gasteiger partial charge in [0.2, 0.25) is 6.41 Å². The molecular formula is C8H6ClN3O. The summed E-state index contributed by atoms with van der Waals surface area (Å²) in [5.41, 5.74) is 0.778. The summed E-state index contributed by atoms with van der Waals surface area (Å²) in [4.78, 5) is 13.9. The number of nitrogens with one attached hydrogen (secondary N) is 1. The van der Waals surface area contributed by atoms with E-state index in [0.29, 0.717) is 17.1 Å². The topological polar surface area (TPSA) is 65.8 Å². The van der Waals surface area contributed by atoms with E-state index in [0.717, 1.165) is 0 Å². The minimum Gasteiger partial charge on any atom is -0.353 e. The smallest absolute Gasteiger partial charge is 0.207 e. The Kier molecular flexibility index (Phi) is 3.23. The van der Waals surface area contributed by atoms with Crippen LogP contribution in [0.15, 0.2) is 12.1 Å². The third-order valence-corrected chi connectivity index (χ3v) is 1.73. The second-order valence-electron chi connectivity index (χ2n) is 2.24.